The third kappa shape index (κ3) is 5.43. The van der Waals surface area contributed by atoms with Gasteiger partial charge in [0.25, 0.3) is 5.91 Å². The lowest BCUT2D eigenvalue weighted by atomic mass is 9.96. The highest BCUT2D eigenvalue weighted by molar-refractivity contribution is 5.97. The molecular formula is C22H31N5O2. The van der Waals surface area contributed by atoms with Crippen LogP contribution < -0.4 is 5.32 Å². The molecule has 0 saturated carbocycles. The first-order valence-electron chi connectivity index (χ1n) is 10.4. The van der Waals surface area contributed by atoms with Gasteiger partial charge in [-0.1, -0.05) is 19.9 Å². The van der Waals surface area contributed by atoms with Crippen LogP contribution in [0.2, 0.25) is 0 Å². The molecule has 0 bridgehead atoms. The van der Waals surface area contributed by atoms with E-state index in [2.05, 4.69) is 34.3 Å². The zero-order valence-corrected chi connectivity index (χ0v) is 17.8. The number of hydrogen-bond donors (Lipinski definition) is 2. The average Bonchev–Trinajstić information content (AvgIpc) is 3.14. The van der Waals surface area contributed by atoms with Gasteiger partial charge in [0.15, 0.2) is 5.82 Å². The van der Waals surface area contributed by atoms with Crippen LogP contribution in [0.1, 0.15) is 73.0 Å². The fourth-order valence-electron chi connectivity index (χ4n) is 3.62. The Morgan fingerprint density at radius 2 is 2.10 bits per heavy atom. The van der Waals surface area contributed by atoms with Crippen molar-refractivity contribution in [3.63, 3.8) is 0 Å². The SMILES string of the molecule is Cc1nc(C2CCCN(C(=O)c3ccc(C)c(NC(=O)CCC(C)C)c3)C2)n[nH]1. The Kier molecular flexibility index (Phi) is 6.67. The zero-order chi connectivity index (χ0) is 21.0. The van der Waals surface area contributed by atoms with Gasteiger partial charge in [-0.25, -0.2) is 4.98 Å². The van der Waals surface area contributed by atoms with Crippen molar-refractivity contribution in [3.05, 3.63) is 41.0 Å². The number of hydrogen-bond acceptors (Lipinski definition) is 4. The molecule has 1 atom stereocenters. The van der Waals surface area contributed by atoms with E-state index in [1.54, 1.807) is 6.07 Å². The largest absolute Gasteiger partial charge is 0.338 e. The number of H-pyrrole nitrogens is 1. The van der Waals surface area contributed by atoms with Crippen LogP contribution in [0, 0.1) is 19.8 Å². The Morgan fingerprint density at radius 3 is 2.79 bits per heavy atom. The van der Waals surface area contributed by atoms with Gasteiger partial charge in [-0.3, -0.25) is 14.7 Å². The lowest BCUT2D eigenvalue weighted by Gasteiger charge is -2.31. The molecule has 2 amide bonds. The standard InChI is InChI=1S/C22H31N5O2/c1-14(2)7-10-20(28)24-19-12-17(9-8-15(19)3)22(29)27-11-5-6-18(13-27)21-23-16(4)25-26-21/h8-9,12,14,18H,5-7,10-11,13H2,1-4H3,(H,24,28)(H,23,25,26). The number of piperidine rings is 1. The Labute approximate surface area is 172 Å². The molecule has 1 aromatic heterocycles. The number of aromatic nitrogens is 3. The summed E-state index contributed by atoms with van der Waals surface area (Å²) < 4.78 is 0. The van der Waals surface area contributed by atoms with Crippen LogP contribution in [0.15, 0.2) is 18.2 Å². The van der Waals surface area contributed by atoms with Gasteiger partial charge in [0.1, 0.15) is 5.82 Å². The second-order valence-corrected chi connectivity index (χ2v) is 8.38. The van der Waals surface area contributed by atoms with Crippen LogP contribution in [0.5, 0.6) is 0 Å². The van der Waals surface area contributed by atoms with Crippen molar-refractivity contribution >= 4 is 17.5 Å². The number of nitrogens with one attached hydrogen (secondary N) is 2. The quantitative estimate of drug-likeness (QED) is 0.775. The molecule has 1 fully saturated rings. The molecule has 2 N–H and O–H groups in total. The molecular weight excluding hydrogens is 366 g/mol. The minimum atomic E-state index is -0.0142. The molecule has 0 radical (unpaired) electrons. The maximum absolute atomic E-state index is 13.1. The number of amides is 2. The summed E-state index contributed by atoms with van der Waals surface area (Å²) in [5.41, 5.74) is 2.26. The van der Waals surface area contributed by atoms with Crippen LogP contribution in [0.4, 0.5) is 5.69 Å². The Hall–Kier alpha value is -2.70. The van der Waals surface area contributed by atoms with Gasteiger partial charge in [0.2, 0.25) is 5.91 Å². The van der Waals surface area contributed by atoms with Crippen molar-refractivity contribution in [2.45, 2.75) is 59.3 Å². The minimum absolute atomic E-state index is 0.00980. The van der Waals surface area contributed by atoms with E-state index < -0.39 is 0 Å². The normalized spacial score (nSPS) is 16.9. The summed E-state index contributed by atoms with van der Waals surface area (Å²) in [6.07, 6.45) is 3.24. The van der Waals surface area contributed by atoms with E-state index >= 15 is 0 Å². The van der Waals surface area contributed by atoms with Crippen molar-refractivity contribution < 1.29 is 9.59 Å². The van der Waals surface area contributed by atoms with Crippen LogP contribution in [-0.4, -0.2) is 45.0 Å². The number of carbonyl (C=O) groups is 2. The Bertz CT molecular complexity index is 874. The topological polar surface area (TPSA) is 91.0 Å². The monoisotopic (exact) mass is 397 g/mol. The molecule has 2 heterocycles. The molecule has 1 aromatic carbocycles. The molecule has 0 aliphatic carbocycles. The molecule has 1 aliphatic rings. The molecule has 7 nitrogen and oxygen atoms in total. The van der Waals surface area contributed by atoms with E-state index in [1.807, 2.05) is 30.9 Å². The highest BCUT2D eigenvalue weighted by Crippen LogP contribution is 2.26. The number of aryl methyl sites for hydroxylation is 2. The highest BCUT2D eigenvalue weighted by atomic mass is 16.2. The van der Waals surface area contributed by atoms with Gasteiger partial charge in [-0.05, 0) is 56.7 Å². The first-order valence-corrected chi connectivity index (χ1v) is 10.4. The Balaban J connectivity index is 1.69. The fourth-order valence-corrected chi connectivity index (χ4v) is 3.62. The molecule has 1 saturated heterocycles. The zero-order valence-electron chi connectivity index (χ0n) is 17.8. The lowest BCUT2D eigenvalue weighted by Crippen LogP contribution is -2.39. The van der Waals surface area contributed by atoms with Crippen LogP contribution in [0.25, 0.3) is 0 Å². The first-order chi connectivity index (χ1) is 13.8. The number of anilines is 1. The van der Waals surface area contributed by atoms with E-state index in [0.717, 1.165) is 43.0 Å². The number of benzene rings is 1. The number of nitrogens with zero attached hydrogens (tertiary/aromatic N) is 3. The van der Waals surface area contributed by atoms with Crippen molar-refractivity contribution in [2.24, 2.45) is 5.92 Å². The van der Waals surface area contributed by atoms with Gasteiger partial charge in [0.05, 0.1) is 0 Å². The second-order valence-electron chi connectivity index (χ2n) is 8.38. The number of likely N-dealkylation sites (tertiary alicyclic amines) is 1. The van der Waals surface area contributed by atoms with E-state index in [4.69, 9.17) is 0 Å². The number of carbonyl (C=O) groups excluding carboxylic acids is 2. The van der Waals surface area contributed by atoms with Crippen molar-refractivity contribution in [1.82, 2.24) is 20.1 Å². The van der Waals surface area contributed by atoms with Gasteiger partial charge in [0, 0.05) is 36.7 Å². The van der Waals surface area contributed by atoms with Crippen LogP contribution >= 0.6 is 0 Å². The summed E-state index contributed by atoms with van der Waals surface area (Å²) in [4.78, 5) is 31.6. The number of aromatic amines is 1. The highest BCUT2D eigenvalue weighted by Gasteiger charge is 2.28. The summed E-state index contributed by atoms with van der Waals surface area (Å²) in [5, 5.41) is 10.1. The molecule has 1 unspecified atom stereocenters. The summed E-state index contributed by atoms with van der Waals surface area (Å²) in [6.45, 7) is 9.36. The second kappa shape index (κ2) is 9.20. The third-order valence-corrected chi connectivity index (χ3v) is 5.40. The van der Waals surface area contributed by atoms with Gasteiger partial charge in [-0.15, -0.1) is 0 Å². The van der Waals surface area contributed by atoms with Crippen molar-refractivity contribution in [2.75, 3.05) is 18.4 Å². The van der Waals surface area contributed by atoms with Gasteiger partial charge < -0.3 is 10.2 Å². The van der Waals surface area contributed by atoms with Gasteiger partial charge in [-0.2, -0.15) is 5.10 Å². The molecule has 7 heteroatoms. The van der Waals surface area contributed by atoms with E-state index in [0.29, 0.717) is 30.1 Å². The van der Waals surface area contributed by atoms with Gasteiger partial charge >= 0.3 is 0 Å². The summed E-state index contributed by atoms with van der Waals surface area (Å²) >= 11 is 0. The fraction of sp³-hybridized carbons (Fsp3) is 0.545. The van der Waals surface area contributed by atoms with E-state index in [9.17, 15) is 9.59 Å². The van der Waals surface area contributed by atoms with Crippen LogP contribution in [-0.2, 0) is 4.79 Å². The predicted molar refractivity (Wildman–Crippen MR) is 113 cm³/mol. The maximum atomic E-state index is 13.1. The smallest absolute Gasteiger partial charge is 0.253 e. The Morgan fingerprint density at radius 1 is 1.31 bits per heavy atom. The molecule has 3 rings (SSSR count). The van der Waals surface area contributed by atoms with Crippen molar-refractivity contribution in [1.29, 1.82) is 0 Å². The summed E-state index contributed by atoms with van der Waals surface area (Å²) in [5.74, 6) is 2.18. The summed E-state index contributed by atoms with van der Waals surface area (Å²) in [7, 11) is 0. The molecule has 1 aliphatic heterocycles. The van der Waals surface area contributed by atoms with E-state index in [-0.39, 0.29) is 17.7 Å². The van der Waals surface area contributed by atoms with Crippen LogP contribution in [0.3, 0.4) is 0 Å². The molecule has 29 heavy (non-hydrogen) atoms. The average molecular weight is 398 g/mol. The van der Waals surface area contributed by atoms with Crippen molar-refractivity contribution in [3.8, 4) is 0 Å². The van der Waals surface area contributed by atoms with E-state index in [1.165, 1.54) is 0 Å². The minimum Gasteiger partial charge on any atom is -0.338 e. The molecule has 2 aromatic rings. The third-order valence-electron chi connectivity index (χ3n) is 5.40. The number of rotatable bonds is 6. The maximum Gasteiger partial charge on any atom is 0.253 e. The first kappa shape index (κ1) is 21.0. The molecule has 0 spiro atoms. The predicted octanol–water partition coefficient (Wildman–Crippen LogP) is 3.82. The summed E-state index contributed by atoms with van der Waals surface area (Å²) in [6, 6.07) is 5.53. The molecule has 156 valence electrons. The lowest BCUT2D eigenvalue weighted by molar-refractivity contribution is -0.116.